The summed E-state index contributed by atoms with van der Waals surface area (Å²) in [6.07, 6.45) is 0. The summed E-state index contributed by atoms with van der Waals surface area (Å²) in [5.74, 6) is -2.98. The molecule has 0 unspecified atom stereocenters. The van der Waals surface area contributed by atoms with Gasteiger partial charge in [0.05, 0.1) is 11.1 Å². The molecule has 1 nitrogen and oxygen atoms in total. The third kappa shape index (κ3) is 2.18. The lowest BCUT2D eigenvalue weighted by atomic mass is 10.1. The van der Waals surface area contributed by atoms with E-state index in [1.165, 1.54) is 6.07 Å². The molecule has 0 spiro atoms. The van der Waals surface area contributed by atoms with Gasteiger partial charge in [-0.15, -0.1) is 0 Å². The van der Waals surface area contributed by atoms with E-state index in [0.717, 1.165) is 11.4 Å². The third-order valence-electron chi connectivity index (χ3n) is 2.21. The lowest BCUT2D eigenvalue weighted by molar-refractivity contribution is 0.0174. The van der Waals surface area contributed by atoms with Crippen molar-refractivity contribution in [3.05, 3.63) is 39.5 Å². The second kappa shape index (κ2) is 3.93. The van der Waals surface area contributed by atoms with E-state index in [2.05, 4.69) is 20.9 Å². The highest BCUT2D eigenvalue weighted by Gasteiger charge is 2.28. The molecule has 0 amide bonds. The fraction of sp³-hybridized carbons (Fsp3) is 0.182. The fourth-order valence-corrected chi connectivity index (χ4v) is 2.09. The smallest absolute Gasteiger partial charge is 0.236 e. The van der Waals surface area contributed by atoms with Crippen LogP contribution < -0.4 is 0 Å². The Morgan fingerprint density at radius 3 is 2.62 bits per heavy atom. The van der Waals surface area contributed by atoms with Crippen molar-refractivity contribution in [1.29, 1.82) is 0 Å². The minimum atomic E-state index is -2.98. The van der Waals surface area contributed by atoms with E-state index in [0.29, 0.717) is 10.9 Å². The molecule has 84 valence electrons. The monoisotopic (exact) mass is 305 g/mol. The van der Waals surface area contributed by atoms with Crippen LogP contribution in [0.5, 0.6) is 0 Å². The van der Waals surface area contributed by atoms with Crippen LogP contribution in [-0.4, -0.2) is 4.98 Å². The van der Waals surface area contributed by atoms with Gasteiger partial charge < -0.3 is 0 Å². The summed E-state index contributed by atoms with van der Waals surface area (Å²) in [5.41, 5.74) is 0.344. The zero-order chi connectivity index (χ0) is 11.9. The number of hydrogen-bond donors (Lipinski definition) is 0. The van der Waals surface area contributed by atoms with Crippen LogP contribution in [0.1, 0.15) is 12.5 Å². The van der Waals surface area contributed by atoms with Crippen LogP contribution in [0.4, 0.5) is 8.78 Å². The maximum Gasteiger partial charge on any atom is 0.273 e. The van der Waals surface area contributed by atoms with E-state index in [1.807, 2.05) is 0 Å². The zero-order valence-corrected chi connectivity index (χ0v) is 10.6. The van der Waals surface area contributed by atoms with Crippen molar-refractivity contribution < 1.29 is 8.78 Å². The average Bonchev–Trinajstić information content (AvgIpc) is 2.14. The van der Waals surface area contributed by atoms with Crippen LogP contribution in [0.3, 0.4) is 0 Å². The second-order valence-corrected chi connectivity index (χ2v) is 4.83. The Labute approximate surface area is 105 Å². The molecule has 2 rings (SSSR count). The predicted octanol–water partition coefficient (Wildman–Crippen LogP) is 4.76. The quantitative estimate of drug-likeness (QED) is 0.692. The predicted molar refractivity (Wildman–Crippen MR) is 64.0 cm³/mol. The van der Waals surface area contributed by atoms with Crippen LogP contribution in [-0.2, 0) is 5.92 Å². The highest BCUT2D eigenvalue weighted by atomic mass is 79.9. The summed E-state index contributed by atoms with van der Waals surface area (Å²) < 4.78 is 27.2. The highest BCUT2D eigenvalue weighted by Crippen LogP contribution is 2.34. The molecular weight excluding hydrogens is 299 g/mol. The van der Waals surface area contributed by atoms with Gasteiger partial charge >= 0.3 is 0 Å². The van der Waals surface area contributed by atoms with E-state index in [9.17, 15) is 8.78 Å². The molecule has 0 bridgehead atoms. The van der Waals surface area contributed by atoms with Crippen molar-refractivity contribution in [1.82, 2.24) is 4.98 Å². The van der Waals surface area contributed by atoms with Gasteiger partial charge in [0.1, 0.15) is 5.15 Å². The molecule has 1 aromatic heterocycles. The van der Waals surface area contributed by atoms with Gasteiger partial charge in [0.2, 0.25) is 0 Å². The molecule has 0 atom stereocenters. The first-order valence-electron chi connectivity index (χ1n) is 4.52. The summed E-state index contributed by atoms with van der Waals surface area (Å²) in [4.78, 5) is 3.96. The first-order valence-corrected chi connectivity index (χ1v) is 5.69. The number of alkyl halides is 2. The number of pyridine rings is 1. The van der Waals surface area contributed by atoms with E-state index >= 15 is 0 Å². The molecule has 0 saturated heterocycles. The molecular formula is C11H7BrClF2N. The SMILES string of the molecule is CC(F)(F)c1cc2ccc(Br)cc2nc1Cl. The molecule has 0 aliphatic heterocycles. The third-order valence-corrected chi connectivity index (χ3v) is 2.99. The molecule has 1 aromatic carbocycles. The van der Waals surface area contributed by atoms with E-state index in [-0.39, 0.29) is 10.7 Å². The minimum Gasteiger partial charge on any atom is -0.236 e. The standard InChI is InChI=1S/C11H7BrClF2N/c1-11(14,15)8-4-6-2-3-7(12)5-9(6)16-10(8)13/h2-5H,1H3. The van der Waals surface area contributed by atoms with Gasteiger partial charge in [-0.05, 0) is 18.2 Å². The van der Waals surface area contributed by atoms with Gasteiger partial charge in [0.15, 0.2) is 0 Å². The molecule has 0 aliphatic carbocycles. The lowest BCUT2D eigenvalue weighted by Crippen LogP contribution is -2.08. The lowest BCUT2D eigenvalue weighted by Gasteiger charge is -2.12. The normalized spacial score (nSPS) is 12.1. The van der Waals surface area contributed by atoms with E-state index in [4.69, 9.17) is 11.6 Å². The summed E-state index contributed by atoms with van der Waals surface area (Å²) in [6.45, 7) is 0.806. The largest absolute Gasteiger partial charge is 0.273 e. The molecule has 0 N–H and O–H groups in total. The Morgan fingerprint density at radius 2 is 2.00 bits per heavy atom. The van der Waals surface area contributed by atoms with Crippen molar-refractivity contribution in [2.75, 3.05) is 0 Å². The Bertz CT molecular complexity index is 551. The summed E-state index contributed by atoms with van der Waals surface area (Å²) in [5, 5.41) is 0.488. The average molecular weight is 307 g/mol. The molecule has 0 saturated carbocycles. The van der Waals surface area contributed by atoms with Gasteiger partial charge in [-0.1, -0.05) is 33.6 Å². The highest BCUT2D eigenvalue weighted by molar-refractivity contribution is 9.10. The van der Waals surface area contributed by atoms with Crippen molar-refractivity contribution in [2.45, 2.75) is 12.8 Å². The Balaban J connectivity index is 2.72. The van der Waals surface area contributed by atoms with Crippen LogP contribution in [0.25, 0.3) is 10.9 Å². The van der Waals surface area contributed by atoms with Gasteiger partial charge in [-0.3, -0.25) is 0 Å². The van der Waals surface area contributed by atoms with Gasteiger partial charge in [-0.2, -0.15) is 0 Å². The van der Waals surface area contributed by atoms with Crippen LogP contribution in [0, 0.1) is 0 Å². The number of rotatable bonds is 1. The molecule has 0 radical (unpaired) electrons. The Hall–Kier alpha value is -0.740. The van der Waals surface area contributed by atoms with Crippen molar-refractivity contribution in [3.8, 4) is 0 Å². The maximum atomic E-state index is 13.2. The van der Waals surface area contributed by atoms with E-state index < -0.39 is 5.92 Å². The summed E-state index contributed by atoms with van der Waals surface area (Å²) in [6, 6.07) is 6.60. The van der Waals surface area contributed by atoms with Crippen molar-refractivity contribution in [3.63, 3.8) is 0 Å². The number of fused-ring (bicyclic) bond motifs is 1. The van der Waals surface area contributed by atoms with Crippen molar-refractivity contribution >= 4 is 38.4 Å². The Morgan fingerprint density at radius 1 is 1.31 bits per heavy atom. The van der Waals surface area contributed by atoms with Crippen LogP contribution >= 0.6 is 27.5 Å². The van der Waals surface area contributed by atoms with Gasteiger partial charge in [-0.25, -0.2) is 13.8 Å². The van der Waals surface area contributed by atoms with E-state index in [1.54, 1.807) is 18.2 Å². The number of halogens is 4. The number of hydrogen-bond acceptors (Lipinski definition) is 1. The van der Waals surface area contributed by atoms with Gasteiger partial charge in [0.25, 0.3) is 5.92 Å². The topological polar surface area (TPSA) is 12.9 Å². The summed E-state index contributed by atoms with van der Waals surface area (Å²) >= 11 is 9.02. The van der Waals surface area contributed by atoms with Crippen molar-refractivity contribution in [2.24, 2.45) is 0 Å². The van der Waals surface area contributed by atoms with Crippen LogP contribution in [0.15, 0.2) is 28.7 Å². The molecule has 0 fully saturated rings. The first-order chi connectivity index (χ1) is 7.38. The fourth-order valence-electron chi connectivity index (χ4n) is 1.42. The second-order valence-electron chi connectivity index (χ2n) is 3.55. The number of benzene rings is 1. The van der Waals surface area contributed by atoms with Gasteiger partial charge in [0, 0.05) is 16.8 Å². The molecule has 2 aromatic rings. The maximum absolute atomic E-state index is 13.2. The number of nitrogens with zero attached hydrogens (tertiary/aromatic N) is 1. The molecule has 16 heavy (non-hydrogen) atoms. The van der Waals surface area contributed by atoms with Crippen LogP contribution in [0.2, 0.25) is 5.15 Å². The molecule has 5 heteroatoms. The minimum absolute atomic E-state index is 0.155. The summed E-state index contributed by atoms with van der Waals surface area (Å²) in [7, 11) is 0. The first kappa shape index (κ1) is 11.7. The number of aromatic nitrogens is 1. The Kier molecular flexibility index (Phi) is 2.88. The molecule has 0 aliphatic rings. The molecule has 1 heterocycles. The zero-order valence-electron chi connectivity index (χ0n) is 8.27.